The van der Waals surface area contributed by atoms with Crippen LogP contribution >= 0.6 is 0 Å². The molecule has 0 bridgehead atoms. The molecule has 3 heteroatoms. The van der Waals surface area contributed by atoms with E-state index in [0.29, 0.717) is 6.42 Å². The average Bonchev–Trinajstić information content (AvgIpc) is 2.64. The Morgan fingerprint density at radius 2 is 1.71 bits per heavy atom. The van der Waals surface area contributed by atoms with Gasteiger partial charge in [0.05, 0.1) is 5.56 Å². The third-order valence-electron chi connectivity index (χ3n) is 3.09. The van der Waals surface area contributed by atoms with Gasteiger partial charge in [-0.15, -0.1) is 0 Å². The maximum atomic E-state index is 13.1. The fourth-order valence-electron chi connectivity index (χ4n) is 2.31. The van der Waals surface area contributed by atoms with E-state index in [1.165, 1.54) is 12.1 Å². The molecule has 1 aliphatic carbocycles. The minimum atomic E-state index is -0.935. The van der Waals surface area contributed by atoms with Gasteiger partial charge in [0.25, 0.3) is 0 Å². The van der Waals surface area contributed by atoms with Crippen LogP contribution in [0.15, 0.2) is 36.4 Å². The third-order valence-corrected chi connectivity index (χ3v) is 3.09. The first kappa shape index (κ1) is 10.0. The summed E-state index contributed by atoms with van der Waals surface area (Å²) in [5.74, 6) is -1.19. The maximum absolute atomic E-state index is 13.1. The molecule has 0 unspecified atom stereocenters. The molecule has 0 aliphatic heterocycles. The molecule has 1 N–H and O–H groups in total. The highest BCUT2D eigenvalue weighted by Crippen LogP contribution is 2.37. The lowest BCUT2D eigenvalue weighted by Gasteiger charge is -2.01. The molecule has 2 nitrogen and oxygen atoms in total. The van der Waals surface area contributed by atoms with Crippen molar-refractivity contribution in [2.24, 2.45) is 0 Å². The van der Waals surface area contributed by atoms with Crippen molar-refractivity contribution in [1.82, 2.24) is 0 Å². The first-order chi connectivity index (χ1) is 8.15. The molecule has 1 aliphatic rings. The zero-order valence-electron chi connectivity index (χ0n) is 8.90. The molecule has 0 saturated carbocycles. The first-order valence-corrected chi connectivity index (χ1v) is 5.30. The van der Waals surface area contributed by atoms with Gasteiger partial charge in [-0.3, -0.25) is 0 Å². The van der Waals surface area contributed by atoms with Crippen LogP contribution < -0.4 is 0 Å². The van der Waals surface area contributed by atoms with Crippen LogP contribution in [-0.2, 0) is 6.42 Å². The van der Waals surface area contributed by atoms with Crippen molar-refractivity contribution in [3.05, 3.63) is 58.9 Å². The first-order valence-electron chi connectivity index (χ1n) is 5.30. The average molecular weight is 228 g/mol. The number of benzene rings is 2. The van der Waals surface area contributed by atoms with Crippen molar-refractivity contribution in [3.63, 3.8) is 0 Å². The molecule has 0 radical (unpaired) electrons. The topological polar surface area (TPSA) is 37.3 Å². The standard InChI is InChI=1S/C14H9FO2/c15-11-2-4-13-10(7-11)6-9-5-8(14(16)17)1-3-12(9)13/h1-5,7H,6H2,(H,16,17). The van der Waals surface area contributed by atoms with Crippen LogP contribution in [-0.4, -0.2) is 11.1 Å². The summed E-state index contributed by atoms with van der Waals surface area (Å²) in [6, 6.07) is 9.73. The highest BCUT2D eigenvalue weighted by atomic mass is 19.1. The SMILES string of the molecule is O=C(O)c1ccc2c(c1)Cc1cc(F)ccc1-2. The van der Waals surface area contributed by atoms with E-state index in [4.69, 9.17) is 5.11 Å². The van der Waals surface area contributed by atoms with E-state index < -0.39 is 5.97 Å². The number of rotatable bonds is 1. The second-order valence-corrected chi connectivity index (χ2v) is 4.16. The number of carboxylic acids is 1. The molecule has 0 heterocycles. The molecule has 84 valence electrons. The molecule has 0 aromatic heterocycles. The Morgan fingerprint density at radius 1 is 1.06 bits per heavy atom. The van der Waals surface area contributed by atoms with Crippen molar-refractivity contribution < 1.29 is 14.3 Å². The number of carbonyl (C=O) groups is 1. The van der Waals surface area contributed by atoms with E-state index in [2.05, 4.69) is 0 Å². The minimum absolute atomic E-state index is 0.255. The predicted molar refractivity (Wildman–Crippen MR) is 61.6 cm³/mol. The Hall–Kier alpha value is -2.16. The van der Waals surface area contributed by atoms with Crippen LogP contribution in [0.4, 0.5) is 4.39 Å². The van der Waals surface area contributed by atoms with Crippen LogP contribution in [0.3, 0.4) is 0 Å². The molecule has 0 atom stereocenters. The van der Waals surface area contributed by atoms with Crippen LogP contribution in [0.25, 0.3) is 11.1 Å². The largest absolute Gasteiger partial charge is 0.478 e. The van der Waals surface area contributed by atoms with Gasteiger partial charge in [-0.05, 0) is 52.9 Å². The smallest absolute Gasteiger partial charge is 0.335 e. The highest BCUT2D eigenvalue weighted by molar-refractivity contribution is 5.90. The lowest BCUT2D eigenvalue weighted by Crippen LogP contribution is -1.96. The quantitative estimate of drug-likeness (QED) is 0.694. The summed E-state index contributed by atoms with van der Waals surface area (Å²) in [7, 11) is 0. The van der Waals surface area contributed by atoms with Crippen molar-refractivity contribution in [3.8, 4) is 11.1 Å². The Balaban J connectivity index is 2.15. The van der Waals surface area contributed by atoms with Gasteiger partial charge in [-0.1, -0.05) is 12.1 Å². The van der Waals surface area contributed by atoms with Crippen molar-refractivity contribution in [1.29, 1.82) is 0 Å². The fourth-order valence-corrected chi connectivity index (χ4v) is 2.31. The molecular weight excluding hydrogens is 219 g/mol. The summed E-state index contributed by atoms with van der Waals surface area (Å²) in [6.45, 7) is 0. The van der Waals surface area contributed by atoms with E-state index in [-0.39, 0.29) is 11.4 Å². The van der Waals surface area contributed by atoms with Crippen LogP contribution in [0.5, 0.6) is 0 Å². The lowest BCUT2D eigenvalue weighted by molar-refractivity contribution is 0.0697. The van der Waals surface area contributed by atoms with E-state index >= 15 is 0 Å². The van der Waals surface area contributed by atoms with E-state index in [0.717, 1.165) is 22.3 Å². The Kier molecular flexibility index (Phi) is 2.01. The zero-order valence-corrected chi connectivity index (χ0v) is 8.90. The van der Waals surface area contributed by atoms with E-state index in [1.807, 2.05) is 0 Å². The van der Waals surface area contributed by atoms with Crippen LogP contribution in [0, 0.1) is 5.82 Å². The number of halogens is 1. The summed E-state index contributed by atoms with van der Waals surface area (Å²) in [5, 5.41) is 8.92. The molecule has 0 saturated heterocycles. The van der Waals surface area contributed by atoms with Crippen molar-refractivity contribution in [2.45, 2.75) is 6.42 Å². The molecule has 0 amide bonds. The Labute approximate surface area is 97.3 Å². The van der Waals surface area contributed by atoms with Crippen LogP contribution in [0.1, 0.15) is 21.5 Å². The van der Waals surface area contributed by atoms with Gasteiger partial charge in [-0.2, -0.15) is 0 Å². The fraction of sp³-hybridized carbons (Fsp3) is 0.0714. The van der Waals surface area contributed by atoms with Gasteiger partial charge in [0, 0.05) is 0 Å². The molecule has 3 rings (SSSR count). The molecule has 17 heavy (non-hydrogen) atoms. The lowest BCUT2D eigenvalue weighted by atomic mass is 10.0. The molecule has 0 spiro atoms. The van der Waals surface area contributed by atoms with Crippen molar-refractivity contribution in [2.75, 3.05) is 0 Å². The number of carboxylic acid groups (broad SMARTS) is 1. The van der Waals surface area contributed by atoms with Crippen LogP contribution in [0.2, 0.25) is 0 Å². The molecule has 2 aromatic carbocycles. The summed E-state index contributed by atoms with van der Waals surface area (Å²) in [6.07, 6.45) is 0.601. The van der Waals surface area contributed by atoms with Gasteiger partial charge in [0.2, 0.25) is 0 Å². The van der Waals surface area contributed by atoms with Crippen molar-refractivity contribution >= 4 is 5.97 Å². The monoisotopic (exact) mass is 228 g/mol. The van der Waals surface area contributed by atoms with E-state index in [1.54, 1.807) is 24.3 Å². The maximum Gasteiger partial charge on any atom is 0.335 e. The zero-order chi connectivity index (χ0) is 12.0. The highest BCUT2D eigenvalue weighted by Gasteiger charge is 2.19. The third kappa shape index (κ3) is 1.51. The van der Waals surface area contributed by atoms with Gasteiger partial charge in [0.15, 0.2) is 0 Å². The molecule has 0 fully saturated rings. The molecule has 2 aromatic rings. The number of hydrogen-bond acceptors (Lipinski definition) is 1. The summed E-state index contributed by atoms with van der Waals surface area (Å²) < 4.78 is 13.1. The second-order valence-electron chi connectivity index (χ2n) is 4.16. The summed E-state index contributed by atoms with van der Waals surface area (Å²) in [4.78, 5) is 10.9. The normalized spacial score (nSPS) is 12.1. The second kappa shape index (κ2) is 3.42. The van der Waals surface area contributed by atoms with Gasteiger partial charge >= 0.3 is 5.97 Å². The Morgan fingerprint density at radius 3 is 2.41 bits per heavy atom. The summed E-state index contributed by atoms with van der Waals surface area (Å²) in [5.41, 5.74) is 4.15. The predicted octanol–water partition coefficient (Wildman–Crippen LogP) is 3.10. The molecular formula is C14H9FO2. The Bertz CT molecular complexity index is 632. The van der Waals surface area contributed by atoms with Gasteiger partial charge in [0.1, 0.15) is 5.82 Å². The minimum Gasteiger partial charge on any atom is -0.478 e. The number of aromatic carboxylic acids is 1. The number of hydrogen-bond donors (Lipinski definition) is 1. The van der Waals surface area contributed by atoms with Gasteiger partial charge < -0.3 is 5.11 Å². The summed E-state index contributed by atoms with van der Waals surface area (Å²) >= 11 is 0. The van der Waals surface area contributed by atoms with Gasteiger partial charge in [-0.25, -0.2) is 9.18 Å². The number of fused-ring (bicyclic) bond motifs is 3. The van der Waals surface area contributed by atoms with E-state index in [9.17, 15) is 9.18 Å².